The second kappa shape index (κ2) is 7.36. The van der Waals surface area contributed by atoms with Gasteiger partial charge in [0.1, 0.15) is 12.9 Å². The van der Waals surface area contributed by atoms with Crippen molar-refractivity contribution in [3.63, 3.8) is 0 Å². The predicted molar refractivity (Wildman–Crippen MR) is 56.3 cm³/mol. The number of nitrogens with zero attached hydrogens (tertiary/aromatic N) is 3. The summed E-state index contributed by atoms with van der Waals surface area (Å²) < 4.78 is 7.28. The zero-order chi connectivity index (χ0) is 10.9. The Morgan fingerprint density at radius 1 is 1.40 bits per heavy atom. The molecule has 1 aromatic rings. The third-order valence-electron chi connectivity index (χ3n) is 2.17. The summed E-state index contributed by atoms with van der Waals surface area (Å²) in [5.41, 5.74) is 0. The minimum atomic E-state index is -0.0588. The molecule has 1 N–H and O–H groups in total. The Balaban J connectivity index is 2.09. The fourth-order valence-corrected chi connectivity index (χ4v) is 1.27. The van der Waals surface area contributed by atoms with Crippen LogP contribution < -0.4 is 0 Å². The molecule has 86 valence electrons. The molecular weight excluding hydrogens is 194 g/mol. The Morgan fingerprint density at radius 3 is 2.93 bits per heavy atom. The number of aliphatic hydroxyl groups is 1. The molecule has 0 saturated carbocycles. The number of rotatable bonds is 8. The lowest BCUT2D eigenvalue weighted by Gasteiger charge is -2.05. The van der Waals surface area contributed by atoms with Crippen LogP contribution in [-0.4, -0.2) is 33.1 Å². The molecule has 0 aliphatic rings. The van der Waals surface area contributed by atoms with E-state index in [2.05, 4.69) is 17.1 Å². The van der Waals surface area contributed by atoms with Crippen molar-refractivity contribution >= 4 is 0 Å². The molecule has 0 radical (unpaired) electrons. The van der Waals surface area contributed by atoms with E-state index in [1.165, 1.54) is 6.42 Å². The zero-order valence-electron chi connectivity index (χ0n) is 9.22. The number of aromatic nitrogens is 3. The van der Waals surface area contributed by atoms with Crippen LogP contribution in [0.25, 0.3) is 0 Å². The van der Waals surface area contributed by atoms with Gasteiger partial charge in [-0.25, -0.2) is 0 Å². The van der Waals surface area contributed by atoms with Gasteiger partial charge >= 0.3 is 0 Å². The van der Waals surface area contributed by atoms with Gasteiger partial charge in [-0.2, -0.15) is 0 Å². The molecule has 0 bridgehead atoms. The van der Waals surface area contributed by atoms with E-state index in [9.17, 15) is 0 Å². The molecule has 0 aliphatic heterocycles. The van der Waals surface area contributed by atoms with Crippen molar-refractivity contribution in [2.45, 2.75) is 39.3 Å². The SMILES string of the molecule is CCCCOCCCn1cnnc1CO. The van der Waals surface area contributed by atoms with Crippen LogP contribution in [-0.2, 0) is 17.9 Å². The molecule has 1 aromatic heterocycles. The van der Waals surface area contributed by atoms with Gasteiger partial charge in [0, 0.05) is 19.8 Å². The van der Waals surface area contributed by atoms with Crippen molar-refractivity contribution < 1.29 is 9.84 Å². The van der Waals surface area contributed by atoms with Crippen molar-refractivity contribution in [2.75, 3.05) is 13.2 Å². The Hall–Kier alpha value is -0.940. The summed E-state index contributed by atoms with van der Waals surface area (Å²) in [5, 5.41) is 16.4. The molecular formula is C10H19N3O2. The van der Waals surface area contributed by atoms with E-state index in [1.807, 2.05) is 4.57 Å². The van der Waals surface area contributed by atoms with Gasteiger partial charge in [0.15, 0.2) is 5.82 Å². The first-order chi connectivity index (χ1) is 7.38. The Morgan fingerprint density at radius 2 is 2.20 bits per heavy atom. The normalized spacial score (nSPS) is 10.8. The third kappa shape index (κ3) is 4.40. The minimum absolute atomic E-state index is 0.0588. The molecule has 5 heteroatoms. The summed E-state index contributed by atoms with van der Waals surface area (Å²) in [4.78, 5) is 0. The zero-order valence-corrected chi connectivity index (χ0v) is 9.22. The van der Waals surface area contributed by atoms with Gasteiger partial charge in [-0.05, 0) is 12.8 Å². The lowest BCUT2D eigenvalue weighted by Crippen LogP contribution is -2.06. The van der Waals surface area contributed by atoms with E-state index < -0.39 is 0 Å². The lowest BCUT2D eigenvalue weighted by atomic mass is 10.3. The van der Waals surface area contributed by atoms with Crippen molar-refractivity contribution in [3.05, 3.63) is 12.2 Å². The summed E-state index contributed by atoms with van der Waals surface area (Å²) >= 11 is 0. The number of unbranched alkanes of at least 4 members (excludes halogenated alkanes) is 1. The minimum Gasteiger partial charge on any atom is -0.388 e. The van der Waals surface area contributed by atoms with Crippen LogP contribution >= 0.6 is 0 Å². The Bertz CT molecular complexity index is 263. The molecule has 0 fully saturated rings. The van der Waals surface area contributed by atoms with Crippen LogP contribution in [0, 0.1) is 0 Å². The summed E-state index contributed by atoms with van der Waals surface area (Å²) in [7, 11) is 0. The van der Waals surface area contributed by atoms with E-state index >= 15 is 0 Å². The van der Waals surface area contributed by atoms with Crippen LogP contribution in [0.2, 0.25) is 0 Å². The molecule has 0 spiro atoms. The standard InChI is InChI=1S/C10H19N3O2/c1-2-3-6-15-7-4-5-13-9-11-12-10(13)8-14/h9,14H,2-8H2,1H3. The topological polar surface area (TPSA) is 60.2 Å². The average molecular weight is 213 g/mol. The molecule has 0 aromatic carbocycles. The first-order valence-electron chi connectivity index (χ1n) is 5.43. The molecule has 1 rings (SSSR count). The van der Waals surface area contributed by atoms with E-state index in [0.29, 0.717) is 5.82 Å². The molecule has 5 nitrogen and oxygen atoms in total. The van der Waals surface area contributed by atoms with E-state index in [-0.39, 0.29) is 6.61 Å². The summed E-state index contributed by atoms with van der Waals surface area (Å²) in [6, 6.07) is 0. The number of hydrogen-bond acceptors (Lipinski definition) is 4. The Labute approximate surface area is 90.1 Å². The largest absolute Gasteiger partial charge is 0.388 e. The fraction of sp³-hybridized carbons (Fsp3) is 0.800. The highest BCUT2D eigenvalue weighted by Crippen LogP contribution is 1.97. The maximum Gasteiger partial charge on any atom is 0.158 e. The molecule has 0 saturated heterocycles. The molecule has 1 heterocycles. The Kier molecular flexibility index (Phi) is 5.96. The quantitative estimate of drug-likeness (QED) is 0.654. The second-order valence-electron chi connectivity index (χ2n) is 3.42. The maximum absolute atomic E-state index is 8.93. The van der Waals surface area contributed by atoms with E-state index in [4.69, 9.17) is 9.84 Å². The van der Waals surface area contributed by atoms with Gasteiger partial charge in [0.25, 0.3) is 0 Å². The molecule has 0 unspecified atom stereocenters. The molecule has 0 aliphatic carbocycles. The van der Waals surface area contributed by atoms with Gasteiger partial charge in [-0.3, -0.25) is 0 Å². The van der Waals surface area contributed by atoms with Crippen LogP contribution in [0.15, 0.2) is 6.33 Å². The van der Waals surface area contributed by atoms with Crippen LogP contribution in [0.5, 0.6) is 0 Å². The van der Waals surface area contributed by atoms with E-state index in [0.717, 1.165) is 32.6 Å². The number of hydrogen-bond donors (Lipinski definition) is 1. The van der Waals surface area contributed by atoms with Crippen LogP contribution in [0.1, 0.15) is 32.0 Å². The first kappa shape index (κ1) is 12.1. The highest BCUT2D eigenvalue weighted by molar-refractivity contribution is 4.81. The highest BCUT2D eigenvalue weighted by Gasteiger charge is 2.01. The van der Waals surface area contributed by atoms with Gasteiger partial charge in [-0.15, -0.1) is 10.2 Å². The number of aliphatic hydroxyl groups excluding tert-OH is 1. The van der Waals surface area contributed by atoms with Gasteiger partial charge < -0.3 is 14.4 Å². The molecule has 15 heavy (non-hydrogen) atoms. The smallest absolute Gasteiger partial charge is 0.158 e. The van der Waals surface area contributed by atoms with Crippen molar-refractivity contribution in [1.82, 2.24) is 14.8 Å². The van der Waals surface area contributed by atoms with Gasteiger partial charge in [0.2, 0.25) is 0 Å². The summed E-state index contributed by atoms with van der Waals surface area (Å²) in [5.74, 6) is 0.614. The lowest BCUT2D eigenvalue weighted by molar-refractivity contribution is 0.125. The highest BCUT2D eigenvalue weighted by atomic mass is 16.5. The second-order valence-corrected chi connectivity index (χ2v) is 3.42. The summed E-state index contributed by atoms with van der Waals surface area (Å²) in [6.45, 7) is 4.48. The van der Waals surface area contributed by atoms with Gasteiger partial charge in [-0.1, -0.05) is 13.3 Å². The predicted octanol–water partition coefficient (Wildman–Crippen LogP) is 0.977. The van der Waals surface area contributed by atoms with Crippen LogP contribution in [0.4, 0.5) is 0 Å². The molecule has 0 atom stereocenters. The average Bonchev–Trinajstić information content (AvgIpc) is 2.70. The third-order valence-corrected chi connectivity index (χ3v) is 2.17. The van der Waals surface area contributed by atoms with Crippen molar-refractivity contribution in [2.24, 2.45) is 0 Å². The van der Waals surface area contributed by atoms with Gasteiger partial charge in [0.05, 0.1) is 0 Å². The summed E-state index contributed by atoms with van der Waals surface area (Å²) in [6.07, 6.45) is 4.85. The monoisotopic (exact) mass is 213 g/mol. The molecule has 0 amide bonds. The van der Waals surface area contributed by atoms with Crippen molar-refractivity contribution in [1.29, 1.82) is 0 Å². The van der Waals surface area contributed by atoms with Crippen molar-refractivity contribution in [3.8, 4) is 0 Å². The van der Waals surface area contributed by atoms with Crippen LogP contribution in [0.3, 0.4) is 0 Å². The van der Waals surface area contributed by atoms with E-state index in [1.54, 1.807) is 6.33 Å². The number of ether oxygens (including phenoxy) is 1. The fourth-order valence-electron chi connectivity index (χ4n) is 1.27. The first-order valence-corrected chi connectivity index (χ1v) is 5.43. The number of aryl methyl sites for hydroxylation is 1. The maximum atomic E-state index is 8.93.